The molecule has 7 heteroatoms. The number of aliphatic hydroxyl groups is 1. The summed E-state index contributed by atoms with van der Waals surface area (Å²) in [6.07, 6.45) is 6.03. The number of nitrogen functional groups attached to an aromatic ring is 1. The van der Waals surface area contributed by atoms with Crippen LogP contribution in [0.1, 0.15) is 42.3 Å². The monoisotopic (exact) mass is 431 g/mol. The lowest BCUT2D eigenvalue weighted by Crippen LogP contribution is -2.35. The normalized spacial score (nSPS) is 28.7. The number of aliphatic hydroxyl groups excluding tert-OH is 1. The van der Waals surface area contributed by atoms with Gasteiger partial charge in [-0.3, -0.25) is 4.68 Å². The third-order valence-electron chi connectivity index (χ3n) is 7.98. The van der Waals surface area contributed by atoms with Gasteiger partial charge in [0.15, 0.2) is 5.13 Å². The fourth-order valence-corrected chi connectivity index (χ4v) is 7.68. The van der Waals surface area contributed by atoms with Crippen molar-refractivity contribution in [1.29, 1.82) is 0 Å². The molecular weight excluding hydrogens is 406 g/mol. The molecule has 0 spiro atoms. The average molecular weight is 432 g/mol. The number of benzene rings is 2. The number of anilines is 2. The first-order valence-electron chi connectivity index (χ1n) is 11.2. The number of nitrogens with two attached hydrogens (primary N) is 1. The fourth-order valence-electron chi connectivity index (χ4n) is 6.90. The molecule has 7 rings (SSSR count). The van der Waals surface area contributed by atoms with E-state index in [2.05, 4.69) is 45.7 Å². The molecule has 5 atom stereocenters. The van der Waals surface area contributed by atoms with E-state index in [1.807, 2.05) is 10.9 Å². The minimum absolute atomic E-state index is 0.107. The highest BCUT2D eigenvalue weighted by molar-refractivity contribution is 7.22. The van der Waals surface area contributed by atoms with Gasteiger partial charge in [0, 0.05) is 11.1 Å². The van der Waals surface area contributed by atoms with E-state index in [0.717, 1.165) is 22.9 Å². The molecule has 2 aliphatic carbocycles. The molecule has 4 N–H and O–H groups in total. The smallest absolute Gasteiger partial charge is 0.181 e. The number of hydrogen-bond donors (Lipinski definition) is 3. The molecule has 0 saturated heterocycles. The molecule has 2 aromatic carbocycles. The highest BCUT2D eigenvalue weighted by atomic mass is 32.1. The zero-order valence-corrected chi connectivity index (χ0v) is 18.0. The van der Waals surface area contributed by atoms with Crippen molar-refractivity contribution in [1.82, 2.24) is 14.8 Å². The Bertz CT molecular complexity index is 1330. The second kappa shape index (κ2) is 6.43. The summed E-state index contributed by atoms with van der Waals surface area (Å²) >= 11 is 1.57. The summed E-state index contributed by atoms with van der Waals surface area (Å²) < 4.78 is 3.11. The van der Waals surface area contributed by atoms with Crippen molar-refractivity contribution in [2.75, 3.05) is 17.7 Å². The Morgan fingerprint density at radius 3 is 3.00 bits per heavy atom. The minimum atomic E-state index is 0.107. The summed E-state index contributed by atoms with van der Waals surface area (Å²) in [6, 6.07) is 11.4. The van der Waals surface area contributed by atoms with E-state index in [1.165, 1.54) is 46.2 Å². The average Bonchev–Trinajstić information content (AvgIpc) is 3.55. The van der Waals surface area contributed by atoms with Gasteiger partial charge in [-0.2, -0.15) is 5.10 Å². The summed E-state index contributed by atoms with van der Waals surface area (Å²) in [7, 11) is 0. The summed E-state index contributed by atoms with van der Waals surface area (Å²) in [5, 5.41) is 19.8. The topological polar surface area (TPSA) is 89.0 Å². The SMILES string of the molecule is Nc1nc2ccc([C@@H]3Nc4ccc5c(cnn5CCO)c4[C@H]4C5CCC(C5)[C@@H]34)cc2s1. The van der Waals surface area contributed by atoms with E-state index in [1.54, 1.807) is 11.3 Å². The van der Waals surface area contributed by atoms with Gasteiger partial charge in [-0.1, -0.05) is 17.4 Å². The van der Waals surface area contributed by atoms with Crippen LogP contribution < -0.4 is 11.1 Å². The van der Waals surface area contributed by atoms with E-state index in [9.17, 15) is 5.11 Å². The Morgan fingerprint density at radius 2 is 2.10 bits per heavy atom. The Hall–Kier alpha value is -2.64. The first-order valence-corrected chi connectivity index (χ1v) is 12.0. The summed E-state index contributed by atoms with van der Waals surface area (Å²) in [5.41, 5.74) is 12.1. The zero-order chi connectivity index (χ0) is 20.7. The number of hydrogen-bond acceptors (Lipinski definition) is 6. The predicted octanol–water partition coefficient (Wildman–Crippen LogP) is 4.52. The first-order chi connectivity index (χ1) is 15.2. The highest BCUT2D eigenvalue weighted by Crippen LogP contribution is 2.64. The predicted molar refractivity (Wildman–Crippen MR) is 124 cm³/mol. The Morgan fingerprint density at radius 1 is 1.19 bits per heavy atom. The third-order valence-corrected chi connectivity index (χ3v) is 8.83. The minimum Gasteiger partial charge on any atom is -0.394 e. The molecule has 1 aliphatic heterocycles. The summed E-state index contributed by atoms with van der Waals surface area (Å²) in [4.78, 5) is 4.44. The maximum atomic E-state index is 9.43. The van der Waals surface area contributed by atoms with Crippen LogP contribution in [0.25, 0.3) is 21.1 Å². The van der Waals surface area contributed by atoms with Gasteiger partial charge in [0.2, 0.25) is 0 Å². The number of nitrogens with zero attached hydrogens (tertiary/aromatic N) is 3. The van der Waals surface area contributed by atoms with Crippen LogP contribution in [0.2, 0.25) is 0 Å². The quantitative estimate of drug-likeness (QED) is 0.444. The molecule has 31 heavy (non-hydrogen) atoms. The molecule has 2 fully saturated rings. The van der Waals surface area contributed by atoms with Gasteiger partial charge in [0.05, 0.1) is 41.1 Å². The molecular formula is C24H25N5OS. The van der Waals surface area contributed by atoms with Crippen LogP contribution in [0.5, 0.6) is 0 Å². The number of rotatable bonds is 3. The van der Waals surface area contributed by atoms with Gasteiger partial charge in [-0.05, 0) is 78.3 Å². The van der Waals surface area contributed by atoms with Crippen molar-refractivity contribution in [2.24, 2.45) is 17.8 Å². The van der Waals surface area contributed by atoms with Crippen LogP contribution in [0, 0.1) is 17.8 Å². The molecule has 0 amide bonds. The van der Waals surface area contributed by atoms with Crippen molar-refractivity contribution in [3.8, 4) is 0 Å². The molecule has 2 bridgehead atoms. The molecule has 4 aromatic rings. The lowest BCUT2D eigenvalue weighted by Gasteiger charge is -2.43. The standard InChI is InChI=1S/C24H25N5OS/c25-24-28-16-4-3-14(10-19(16)31-24)23-21-13-2-1-12(9-13)20(21)22-15-11-26-29(7-8-30)18(15)6-5-17(22)27-23/h3-6,10-13,20-21,23,27,30H,1-2,7-9H2,(H2,25,28)/t12?,13?,20-,21+,23-/m0/s1. The van der Waals surface area contributed by atoms with E-state index < -0.39 is 0 Å². The maximum absolute atomic E-state index is 9.43. The van der Waals surface area contributed by atoms with E-state index in [-0.39, 0.29) is 6.61 Å². The van der Waals surface area contributed by atoms with E-state index in [0.29, 0.717) is 29.6 Å². The molecule has 3 heterocycles. The summed E-state index contributed by atoms with van der Waals surface area (Å²) in [6.45, 7) is 0.645. The van der Waals surface area contributed by atoms with Crippen molar-refractivity contribution in [3.05, 3.63) is 47.7 Å². The fraction of sp³-hybridized carbons (Fsp3) is 0.417. The Balaban J connectivity index is 1.39. The number of aromatic nitrogens is 3. The summed E-state index contributed by atoms with van der Waals surface area (Å²) in [5.74, 6) is 2.69. The van der Waals surface area contributed by atoms with E-state index in [4.69, 9.17) is 5.73 Å². The van der Waals surface area contributed by atoms with Crippen LogP contribution >= 0.6 is 11.3 Å². The highest BCUT2D eigenvalue weighted by Gasteiger charge is 2.54. The van der Waals surface area contributed by atoms with Crippen LogP contribution in [-0.2, 0) is 6.54 Å². The molecule has 0 radical (unpaired) electrons. The number of nitrogens with one attached hydrogen (secondary N) is 1. The largest absolute Gasteiger partial charge is 0.394 e. The van der Waals surface area contributed by atoms with Crippen LogP contribution in [0.4, 0.5) is 10.8 Å². The lowest BCUT2D eigenvalue weighted by molar-refractivity contribution is 0.249. The number of fused-ring (bicyclic) bond motifs is 10. The van der Waals surface area contributed by atoms with Crippen molar-refractivity contribution in [2.45, 2.75) is 37.8 Å². The van der Waals surface area contributed by atoms with Crippen LogP contribution in [0.3, 0.4) is 0 Å². The van der Waals surface area contributed by atoms with Crippen LogP contribution in [0.15, 0.2) is 36.5 Å². The van der Waals surface area contributed by atoms with Gasteiger partial charge in [0.1, 0.15) is 0 Å². The Kier molecular flexibility index (Phi) is 3.73. The second-order valence-corrected chi connectivity index (χ2v) is 10.5. The molecule has 2 unspecified atom stereocenters. The van der Waals surface area contributed by atoms with Crippen molar-refractivity contribution < 1.29 is 5.11 Å². The maximum Gasteiger partial charge on any atom is 0.181 e. The van der Waals surface area contributed by atoms with Gasteiger partial charge in [0.25, 0.3) is 0 Å². The zero-order valence-electron chi connectivity index (χ0n) is 17.2. The van der Waals surface area contributed by atoms with Gasteiger partial charge >= 0.3 is 0 Å². The van der Waals surface area contributed by atoms with Crippen LogP contribution in [-0.4, -0.2) is 26.5 Å². The third kappa shape index (κ3) is 2.47. The second-order valence-electron chi connectivity index (χ2n) is 9.39. The molecule has 2 saturated carbocycles. The number of thiazole rings is 1. The Labute approximate surface area is 184 Å². The first kappa shape index (κ1) is 18.0. The lowest BCUT2D eigenvalue weighted by atomic mass is 9.67. The van der Waals surface area contributed by atoms with E-state index >= 15 is 0 Å². The molecule has 158 valence electrons. The van der Waals surface area contributed by atoms with Crippen molar-refractivity contribution >= 4 is 43.3 Å². The van der Waals surface area contributed by atoms with Gasteiger partial charge in [-0.15, -0.1) is 0 Å². The molecule has 3 aliphatic rings. The molecule has 6 nitrogen and oxygen atoms in total. The van der Waals surface area contributed by atoms with Gasteiger partial charge < -0.3 is 16.2 Å². The van der Waals surface area contributed by atoms with Crippen molar-refractivity contribution in [3.63, 3.8) is 0 Å². The van der Waals surface area contributed by atoms with Gasteiger partial charge in [-0.25, -0.2) is 4.98 Å². The molecule has 2 aromatic heterocycles.